The van der Waals surface area contributed by atoms with Crippen LogP contribution in [0, 0.1) is 0 Å². The largest absolute Gasteiger partial charge is 0.340 e. The molecule has 4 heteroatoms. The first kappa shape index (κ1) is 12.5. The summed E-state index contributed by atoms with van der Waals surface area (Å²) >= 11 is 1.59. The average molecular weight is 250 g/mol. The Morgan fingerprint density at radius 1 is 1.47 bits per heavy atom. The highest BCUT2D eigenvalue weighted by atomic mass is 32.2. The number of carbonyl (C=O) groups excluding carboxylic acids is 1. The third-order valence-corrected chi connectivity index (χ3v) is 4.04. The summed E-state index contributed by atoms with van der Waals surface area (Å²) in [4.78, 5) is 14.3. The van der Waals surface area contributed by atoms with E-state index in [4.69, 9.17) is 5.73 Å². The van der Waals surface area contributed by atoms with Crippen LogP contribution in [0.1, 0.15) is 17.2 Å². The summed E-state index contributed by atoms with van der Waals surface area (Å²) in [6.07, 6.45) is 2.90. The predicted octanol–water partition coefficient (Wildman–Crippen LogP) is 1.65. The van der Waals surface area contributed by atoms with E-state index in [-0.39, 0.29) is 17.2 Å². The smallest absolute Gasteiger partial charge is 0.240 e. The highest BCUT2D eigenvalue weighted by Gasteiger charge is 2.29. The van der Waals surface area contributed by atoms with Gasteiger partial charge < -0.3 is 10.6 Å². The van der Waals surface area contributed by atoms with Crippen molar-refractivity contribution in [3.63, 3.8) is 0 Å². The molecular weight excluding hydrogens is 232 g/mol. The van der Waals surface area contributed by atoms with Crippen LogP contribution in [0.5, 0.6) is 0 Å². The molecule has 3 nitrogen and oxygen atoms in total. The monoisotopic (exact) mass is 250 g/mol. The van der Waals surface area contributed by atoms with Gasteiger partial charge in [0.1, 0.15) is 5.25 Å². The fourth-order valence-corrected chi connectivity index (χ4v) is 2.94. The second-order valence-electron chi connectivity index (χ2n) is 4.36. The maximum atomic E-state index is 12.4. The van der Waals surface area contributed by atoms with E-state index in [0.717, 1.165) is 18.5 Å². The zero-order chi connectivity index (χ0) is 12.3. The zero-order valence-electron chi connectivity index (χ0n) is 10.0. The fourth-order valence-electron chi connectivity index (χ4n) is 2.16. The molecule has 1 aromatic rings. The number of amides is 1. The van der Waals surface area contributed by atoms with Gasteiger partial charge in [0.25, 0.3) is 0 Å². The molecule has 2 rings (SSSR count). The highest BCUT2D eigenvalue weighted by Crippen LogP contribution is 2.29. The van der Waals surface area contributed by atoms with E-state index in [1.165, 1.54) is 0 Å². The summed E-state index contributed by atoms with van der Waals surface area (Å²) in [5.74, 6) is 0.191. The number of nitrogens with zero attached hydrogens (tertiary/aromatic N) is 1. The molecule has 1 unspecified atom stereocenters. The second kappa shape index (κ2) is 5.56. The number of rotatable bonds is 3. The van der Waals surface area contributed by atoms with E-state index in [9.17, 15) is 4.79 Å². The first-order chi connectivity index (χ1) is 8.22. The molecule has 0 spiro atoms. The van der Waals surface area contributed by atoms with Crippen molar-refractivity contribution < 1.29 is 4.79 Å². The summed E-state index contributed by atoms with van der Waals surface area (Å²) in [7, 11) is 0. The highest BCUT2D eigenvalue weighted by molar-refractivity contribution is 7.99. The number of nitrogens with two attached hydrogens (primary N) is 1. The first-order valence-electron chi connectivity index (χ1n) is 5.84. The zero-order valence-corrected chi connectivity index (χ0v) is 10.8. The average Bonchev–Trinajstić information content (AvgIpc) is 2.78. The van der Waals surface area contributed by atoms with Crippen LogP contribution < -0.4 is 5.73 Å². The van der Waals surface area contributed by atoms with Gasteiger partial charge in [0.05, 0.1) is 0 Å². The minimum absolute atomic E-state index is 0.0958. The molecule has 0 aromatic heterocycles. The summed E-state index contributed by atoms with van der Waals surface area (Å²) in [6, 6.07) is 10.1. The molecule has 1 aliphatic heterocycles. The molecule has 2 N–H and O–H groups in total. The van der Waals surface area contributed by atoms with Crippen LogP contribution in [0.25, 0.3) is 0 Å². The molecular formula is C13H18N2OS. The maximum absolute atomic E-state index is 12.4. The number of hydrogen-bond acceptors (Lipinski definition) is 3. The molecule has 1 aliphatic rings. The lowest BCUT2D eigenvalue weighted by molar-refractivity contribution is -0.129. The molecule has 92 valence electrons. The Kier molecular flexibility index (Phi) is 4.07. The Hall–Kier alpha value is -1.00. The lowest BCUT2D eigenvalue weighted by atomic mass is 10.1. The molecule has 17 heavy (non-hydrogen) atoms. The van der Waals surface area contributed by atoms with Crippen LogP contribution in [-0.2, 0) is 4.79 Å². The van der Waals surface area contributed by atoms with Crippen LogP contribution in [0.4, 0.5) is 0 Å². The van der Waals surface area contributed by atoms with Gasteiger partial charge in [-0.3, -0.25) is 4.79 Å². The molecule has 1 saturated heterocycles. The number of thioether (sulfide) groups is 1. The van der Waals surface area contributed by atoms with Crippen molar-refractivity contribution in [3.05, 3.63) is 35.9 Å². The Morgan fingerprint density at radius 2 is 2.18 bits per heavy atom. The van der Waals surface area contributed by atoms with E-state index in [0.29, 0.717) is 6.54 Å². The SMILES string of the molecule is CSC(C(=O)N1CC[C@@H](N)C1)c1ccccc1. The molecule has 1 fully saturated rings. The Bertz CT molecular complexity index is 382. The van der Waals surface area contributed by atoms with Crippen molar-refractivity contribution in [2.75, 3.05) is 19.3 Å². The van der Waals surface area contributed by atoms with Crippen molar-refractivity contribution in [2.45, 2.75) is 17.7 Å². The van der Waals surface area contributed by atoms with Crippen molar-refractivity contribution in [3.8, 4) is 0 Å². The molecule has 2 atom stereocenters. The van der Waals surface area contributed by atoms with Gasteiger partial charge in [-0.2, -0.15) is 0 Å². The molecule has 0 bridgehead atoms. The van der Waals surface area contributed by atoms with Crippen molar-refractivity contribution in [1.29, 1.82) is 0 Å². The van der Waals surface area contributed by atoms with Crippen LogP contribution in [0.15, 0.2) is 30.3 Å². The number of benzene rings is 1. The molecule has 0 radical (unpaired) electrons. The normalized spacial score (nSPS) is 21.5. The molecule has 0 saturated carbocycles. The molecule has 1 amide bonds. The molecule has 1 aromatic carbocycles. The Balaban J connectivity index is 2.11. The predicted molar refractivity (Wildman–Crippen MR) is 71.9 cm³/mol. The van der Waals surface area contributed by atoms with Gasteiger partial charge in [-0.05, 0) is 18.2 Å². The third kappa shape index (κ3) is 2.82. The van der Waals surface area contributed by atoms with Gasteiger partial charge >= 0.3 is 0 Å². The number of hydrogen-bond donors (Lipinski definition) is 1. The summed E-state index contributed by atoms with van der Waals surface area (Å²) in [5, 5.41) is -0.0958. The quantitative estimate of drug-likeness (QED) is 0.887. The van der Waals surface area contributed by atoms with Crippen LogP contribution in [-0.4, -0.2) is 36.2 Å². The van der Waals surface area contributed by atoms with Crippen molar-refractivity contribution >= 4 is 17.7 Å². The van der Waals surface area contributed by atoms with Gasteiger partial charge in [-0.15, -0.1) is 11.8 Å². The third-order valence-electron chi connectivity index (χ3n) is 3.10. The van der Waals surface area contributed by atoms with Gasteiger partial charge in [-0.1, -0.05) is 30.3 Å². The molecule has 0 aliphatic carbocycles. The summed E-state index contributed by atoms with van der Waals surface area (Å²) in [6.45, 7) is 1.49. The van der Waals surface area contributed by atoms with E-state index in [2.05, 4.69) is 0 Å². The van der Waals surface area contributed by atoms with Crippen LogP contribution in [0.2, 0.25) is 0 Å². The summed E-state index contributed by atoms with van der Waals surface area (Å²) < 4.78 is 0. The molecule has 1 heterocycles. The van der Waals surface area contributed by atoms with E-state index in [1.807, 2.05) is 41.5 Å². The summed E-state index contributed by atoms with van der Waals surface area (Å²) in [5.41, 5.74) is 6.92. The standard InChI is InChI=1S/C13H18N2OS/c1-17-12(10-5-3-2-4-6-10)13(16)15-8-7-11(14)9-15/h2-6,11-12H,7-9,14H2,1H3/t11-,12?/m1/s1. The fraction of sp³-hybridized carbons (Fsp3) is 0.462. The van der Waals surface area contributed by atoms with Crippen molar-refractivity contribution in [1.82, 2.24) is 4.90 Å². The number of carbonyl (C=O) groups is 1. The van der Waals surface area contributed by atoms with Gasteiger partial charge in [0.2, 0.25) is 5.91 Å². The Morgan fingerprint density at radius 3 is 2.71 bits per heavy atom. The van der Waals surface area contributed by atoms with Gasteiger partial charge in [-0.25, -0.2) is 0 Å². The van der Waals surface area contributed by atoms with Gasteiger partial charge in [0.15, 0.2) is 0 Å². The topological polar surface area (TPSA) is 46.3 Å². The minimum atomic E-state index is -0.0958. The Labute approximate surface area is 106 Å². The van der Waals surface area contributed by atoms with E-state index >= 15 is 0 Å². The van der Waals surface area contributed by atoms with Crippen LogP contribution >= 0.6 is 11.8 Å². The lowest BCUT2D eigenvalue weighted by Crippen LogP contribution is -2.34. The second-order valence-corrected chi connectivity index (χ2v) is 5.30. The van der Waals surface area contributed by atoms with E-state index in [1.54, 1.807) is 11.8 Å². The maximum Gasteiger partial charge on any atom is 0.240 e. The lowest BCUT2D eigenvalue weighted by Gasteiger charge is -2.22. The van der Waals surface area contributed by atoms with Crippen LogP contribution in [0.3, 0.4) is 0 Å². The first-order valence-corrected chi connectivity index (χ1v) is 7.13. The van der Waals surface area contributed by atoms with Gasteiger partial charge in [0, 0.05) is 19.1 Å². The minimum Gasteiger partial charge on any atom is -0.340 e. The number of likely N-dealkylation sites (tertiary alicyclic amines) is 1. The van der Waals surface area contributed by atoms with Crippen molar-refractivity contribution in [2.24, 2.45) is 5.73 Å². The van der Waals surface area contributed by atoms with E-state index < -0.39 is 0 Å².